The molecule has 0 aromatic heterocycles. The molecular formula is C28H43NO. The zero-order chi connectivity index (χ0) is 21.3. The number of anilines is 2. The van der Waals surface area contributed by atoms with E-state index in [0.717, 1.165) is 43.5 Å². The molecule has 166 valence electrons. The normalized spacial score (nSPS) is 12.1. The number of hydrogen-bond acceptors (Lipinski definition) is 2. The van der Waals surface area contributed by atoms with Crippen LogP contribution in [0.2, 0.25) is 0 Å². The van der Waals surface area contributed by atoms with E-state index in [1.165, 1.54) is 63.4 Å². The Kier molecular flexibility index (Phi) is 13.0. The molecule has 0 fully saturated rings. The summed E-state index contributed by atoms with van der Waals surface area (Å²) in [5.41, 5.74) is 3.62. The molecule has 1 atom stereocenters. The van der Waals surface area contributed by atoms with Gasteiger partial charge in [0.2, 0.25) is 0 Å². The van der Waals surface area contributed by atoms with E-state index in [1.807, 2.05) is 18.2 Å². The van der Waals surface area contributed by atoms with Crippen molar-refractivity contribution in [3.63, 3.8) is 0 Å². The van der Waals surface area contributed by atoms with Crippen molar-refractivity contribution >= 4 is 11.4 Å². The maximum Gasteiger partial charge on any atom is 0.0540 e. The fourth-order valence-corrected chi connectivity index (χ4v) is 3.99. The number of benzene rings is 2. The van der Waals surface area contributed by atoms with Gasteiger partial charge in [0, 0.05) is 11.4 Å². The van der Waals surface area contributed by atoms with Crippen LogP contribution in [0.5, 0.6) is 0 Å². The highest BCUT2D eigenvalue weighted by molar-refractivity contribution is 5.59. The number of aryl methyl sites for hydroxylation is 1. The maximum atomic E-state index is 10.2. The molecule has 0 saturated heterocycles. The van der Waals surface area contributed by atoms with Crippen molar-refractivity contribution in [3.05, 3.63) is 60.2 Å². The Morgan fingerprint density at radius 2 is 1.17 bits per heavy atom. The Morgan fingerprint density at radius 1 is 0.633 bits per heavy atom. The van der Waals surface area contributed by atoms with Crippen LogP contribution >= 0.6 is 0 Å². The second kappa shape index (κ2) is 16.0. The minimum absolute atomic E-state index is 0.105. The fourth-order valence-electron chi connectivity index (χ4n) is 3.99. The first-order valence-electron chi connectivity index (χ1n) is 12.4. The van der Waals surface area contributed by atoms with E-state index < -0.39 is 0 Å². The summed E-state index contributed by atoms with van der Waals surface area (Å²) in [5.74, 6) is 0. The highest BCUT2D eigenvalue weighted by Gasteiger charge is 2.04. The molecule has 0 bridgehead atoms. The van der Waals surface area contributed by atoms with Crippen molar-refractivity contribution < 1.29 is 5.11 Å². The van der Waals surface area contributed by atoms with Crippen LogP contribution in [0.3, 0.4) is 0 Å². The molecule has 0 saturated carbocycles. The molecule has 2 nitrogen and oxygen atoms in total. The molecule has 0 aliphatic carbocycles. The van der Waals surface area contributed by atoms with Gasteiger partial charge in [-0.2, -0.15) is 0 Å². The van der Waals surface area contributed by atoms with Crippen LogP contribution in [-0.2, 0) is 6.42 Å². The molecule has 2 aromatic rings. The molecule has 0 aliphatic rings. The largest absolute Gasteiger partial charge is 0.393 e. The van der Waals surface area contributed by atoms with Crippen LogP contribution in [-0.4, -0.2) is 11.2 Å². The lowest BCUT2D eigenvalue weighted by Gasteiger charge is -2.11. The van der Waals surface area contributed by atoms with Crippen LogP contribution in [0.1, 0.15) is 96.0 Å². The first-order valence-corrected chi connectivity index (χ1v) is 12.4. The molecule has 2 aromatic carbocycles. The van der Waals surface area contributed by atoms with Gasteiger partial charge in [-0.15, -0.1) is 0 Å². The summed E-state index contributed by atoms with van der Waals surface area (Å²) in [6.07, 6.45) is 17.3. The average molecular weight is 410 g/mol. The van der Waals surface area contributed by atoms with E-state index in [1.54, 1.807) is 0 Å². The van der Waals surface area contributed by atoms with Crippen molar-refractivity contribution in [3.8, 4) is 0 Å². The minimum Gasteiger partial charge on any atom is -0.393 e. The Labute approximate surface area is 185 Å². The highest BCUT2D eigenvalue weighted by atomic mass is 16.3. The second-order valence-electron chi connectivity index (χ2n) is 8.70. The number of hydrogen-bond donors (Lipinski definition) is 2. The Morgan fingerprint density at radius 3 is 1.80 bits per heavy atom. The van der Waals surface area contributed by atoms with E-state index in [2.05, 4.69) is 48.6 Å². The summed E-state index contributed by atoms with van der Waals surface area (Å²) in [7, 11) is 0. The predicted octanol–water partition coefficient (Wildman–Crippen LogP) is 8.42. The highest BCUT2D eigenvalue weighted by Crippen LogP contribution is 2.18. The van der Waals surface area contributed by atoms with Crippen molar-refractivity contribution in [1.29, 1.82) is 0 Å². The molecule has 0 amide bonds. The lowest BCUT2D eigenvalue weighted by Crippen LogP contribution is -2.06. The number of para-hydroxylation sites is 1. The number of aliphatic hydroxyl groups excluding tert-OH is 1. The van der Waals surface area contributed by atoms with Gasteiger partial charge < -0.3 is 10.4 Å². The van der Waals surface area contributed by atoms with Gasteiger partial charge in [0.05, 0.1) is 6.10 Å². The zero-order valence-electron chi connectivity index (χ0n) is 19.1. The van der Waals surface area contributed by atoms with Gasteiger partial charge >= 0.3 is 0 Å². The molecule has 0 radical (unpaired) electrons. The Hall–Kier alpha value is -1.80. The van der Waals surface area contributed by atoms with Crippen molar-refractivity contribution in [2.24, 2.45) is 0 Å². The van der Waals surface area contributed by atoms with Crippen LogP contribution in [0.15, 0.2) is 54.6 Å². The second-order valence-corrected chi connectivity index (χ2v) is 8.70. The maximum absolute atomic E-state index is 10.2. The summed E-state index contributed by atoms with van der Waals surface area (Å²) in [6.45, 7) is 2.27. The van der Waals surface area contributed by atoms with E-state index in [9.17, 15) is 5.11 Å². The minimum atomic E-state index is -0.105. The number of rotatable bonds is 17. The molecule has 0 spiro atoms. The molecule has 0 heterocycles. The molecule has 2 heteroatoms. The molecular weight excluding hydrogens is 366 g/mol. The first-order chi connectivity index (χ1) is 14.8. The third-order valence-corrected chi connectivity index (χ3v) is 5.91. The van der Waals surface area contributed by atoms with Gasteiger partial charge in [-0.25, -0.2) is 0 Å². The molecule has 2 N–H and O–H groups in total. The first kappa shape index (κ1) is 24.5. The van der Waals surface area contributed by atoms with Crippen LogP contribution in [0.25, 0.3) is 0 Å². The topological polar surface area (TPSA) is 32.3 Å². The number of nitrogens with one attached hydrogen (secondary N) is 1. The lowest BCUT2D eigenvalue weighted by atomic mass is 10.0. The van der Waals surface area contributed by atoms with E-state index in [-0.39, 0.29) is 6.10 Å². The lowest BCUT2D eigenvalue weighted by molar-refractivity contribution is 0.147. The molecule has 2 rings (SSSR count). The van der Waals surface area contributed by atoms with Crippen LogP contribution in [0.4, 0.5) is 11.4 Å². The van der Waals surface area contributed by atoms with Crippen LogP contribution in [0, 0.1) is 0 Å². The SMILES string of the molecule is CCCCCCCCCCCC(O)CCCCc1ccc(Nc2ccccc2)cc1. The predicted molar refractivity (Wildman–Crippen MR) is 132 cm³/mol. The third kappa shape index (κ3) is 11.4. The van der Waals surface area contributed by atoms with Gasteiger partial charge in [0.1, 0.15) is 0 Å². The van der Waals surface area contributed by atoms with E-state index in [4.69, 9.17) is 0 Å². The van der Waals surface area contributed by atoms with Crippen molar-refractivity contribution in [2.45, 2.75) is 103 Å². The molecule has 0 aliphatic heterocycles. The van der Waals surface area contributed by atoms with Crippen molar-refractivity contribution in [1.82, 2.24) is 0 Å². The third-order valence-electron chi connectivity index (χ3n) is 5.91. The van der Waals surface area contributed by atoms with Crippen LogP contribution < -0.4 is 5.32 Å². The van der Waals surface area contributed by atoms with Crippen molar-refractivity contribution in [2.75, 3.05) is 5.32 Å². The van der Waals surface area contributed by atoms with Gasteiger partial charge in [0.25, 0.3) is 0 Å². The standard InChI is InChI=1S/C28H43NO/c1-2-3-4-5-6-7-8-9-13-19-28(30)20-15-14-16-25-21-23-27(24-22-25)29-26-17-11-10-12-18-26/h10-12,17-18,21-24,28-30H,2-9,13-16,19-20H2,1H3. The monoisotopic (exact) mass is 409 g/mol. The molecule has 30 heavy (non-hydrogen) atoms. The van der Waals surface area contributed by atoms with Gasteiger partial charge in [-0.05, 0) is 55.5 Å². The quantitative estimate of drug-likeness (QED) is 0.257. The smallest absolute Gasteiger partial charge is 0.0540 e. The van der Waals surface area contributed by atoms with E-state index in [0.29, 0.717) is 0 Å². The summed E-state index contributed by atoms with van der Waals surface area (Å²) in [6, 6.07) is 19.0. The Balaban J connectivity index is 1.46. The van der Waals surface area contributed by atoms with Gasteiger partial charge in [-0.1, -0.05) is 101 Å². The average Bonchev–Trinajstić information content (AvgIpc) is 2.77. The summed E-state index contributed by atoms with van der Waals surface area (Å²) >= 11 is 0. The van der Waals surface area contributed by atoms with Gasteiger partial charge in [-0.3, -0.25) is 0 Å². The van der Waals surface area contributed by atoms with Gasteiger partial charge in [0.15, 0.2) is 0 Å². The number of aliphatic hydroxyl groups is 1. The molecule has 1 unspecified atom stereocenters. The summed E-state index contributed by atoms with van der Waals surface area (Å²) in [4.78, 5) is 0. The summed E-state index contributed by atoms with van der Waals surface area (Å²) in [5, 5.41) is 13.6. The fraction of sp³-hybridized carbons (Fsp3) is 0.571. The van der Waals surface area contributed by atoms with E-state index >= 15 is 0 Å². The summed E-state index contributed by atoms with van der Waals surface area (Å²) < 4.78 is 0. The zero-order valence-corrected chi connectivity index (χ0v) is 19.1. The Bertz CT molecular complexity index is 637. The number of unbranched alkanes of at least 4 members (excludes halogenated alkanes) is 9.